The first-order chi connectivity index (χ1) is 14.1. The maximum Gasteiger partial charge on any atom is 0.165 e. The van der Waals surface area contributed by atoms with Gasteiger partial charge in [0, 0.05) is 44.7 Å². The minimum absolute atomic E-state index is 0.0648. The summed E-state index contributed by atoms with van der Waals surface area (Å²) in [5.41, 5.74) is 2.19. The predicted octanol–water partition coefficient (Wildman–Crippen LogP) is 3.27. The lowest BCUT2D eigenvalue weighted by atomic mass is 9.82. The van der Waals surface area contributed by atoms with Crippen molar-refractivity contribution in [2.45, 2.75) is 6.54 Å². The number of halogens is 1. The Kier molecular flexibility index (Phi) is 5.99. The molecule has 0 aromatic heterocycles. The van der Waals surface area contributed by atoms with E-state index in [9.17, 15) is 9.50 Å². The molecule has 0 radical (unpaired) electrons. The molecule has 5 heteroatoms. The van der Waals surface area contributed by atoms with Crippen molar-refractivity contribution in [3.05, 3.63) is 71.6 Å². The molecule has 0 amide bonds. The molecule has 2 heterocycles. The van der Waals surface area contributed by atoms with Gasteiger partial charge in [0.15, 0.2) is 11.6 Å². The van der Waals surface area contributed by atoms with Crippen molar-refractivity contribution in [2.24, 2.45) is 11.3 Å². The van der Waals surface area contributed by atoms with Crippen molar-refractivity contribution >= 4 is 6.08 Å². The quantitative estimate of drug-likeness (QED) is 0.779. The SMILES string of the molecule is COc1cc(CN2CC3CN(CC=Cc4ccccc4)CC3(CO)C2)ccc1F. The minimum atomic E-state index is -0.333. The maximum absolute atomic E-state index is 13.7. The van der Waals surface area contributed by atoms with E-state index in [0.717, 1.165) is 44.8 Å². The molecule has 1 N–H and O–H groups in total. The summed E-state index contributed by atoms with van der Waals surface area (Å²) in [7, 11) is 1.49. The minimum Gasteiger partial charge on any atom is -0.494 e. The third kappa shape index (κ3) is 4.37. The summed E-state index contributed by atoms with van der Waals surface area (Å²) in [5.74, 6) is 0.413. The lowest BCUT2D eigenvalue weighted by Gasteiger charge is -2.27. The molecule has 2 saturated heterocycles. The second kappa shape index (κ2) is 8.66. The van der Waals surface area contributed by atoms with Crippen LogP contribution < -0.4 is 4.74 Å². The molecule has 0 aliphatic carbocycles. The van der Waals surface area contributed by atoms with Crippen LogP contribution in [0.3, 0.4) is 0 Å². The topological polar surface area (TPSA) is 35.9 Å². The molecule has 4 nitrogen and oxygen atoms in total. The number of hydrogen-bond acceptors (Lipinski definition) is 4. The van der Waals surface area contributed by atoms with E-state index in [1.165, 1.54) is 18.7 Å². The molecule has 2 atom stereocenters. The standard InChI is InChI=1S/C24H29FN2O2/c1-29-23-12-20(9-10-22(23)25)13-27-15-21-14-26(16-24(21,17-27)18-28)11-5-8-19-6-3-2-4-7-19/h2-10,12,21,28H,11,13-18H2,1H3. The lowest BCUT2D eigenvalue weighted by Crippen LogP contribution is -2.37. The number of aliphatic hydroxyl groups is 1. The van der Waals surface area contributed by atoms with Gasteiger partial charge in [-0.25, -0.2) is 4.39 Å². The third-order valence-corrected chi connectivity index (χ3v) is 6.31. The van der Waals surface area contributed by atoms with Crippen molar-refractivity contribution in [1.82, 2.24) is 9.80 Å². The second-order valence-electron chi connectivity index (χ2n) is 8.36. The van der Waals surface area contributed by atoms with E-state index >= 15 is 0 Å². The summed E-state index contributed by atoms with van der Waals surface area (Å²) >= 11 is 0. The molecule has 2 unspecified atom stereocenters. The zero-order valence-corrected chi connectivity index (χ0v) is 16.9. The lowest BCUT2D eigenvalue weighted by molar-refractivity contribution is 0.113. The molecule has 4 rings (SSSR count). The molecule has 2 aliphatic heterocycles. The van der Waals surface area contributed by atoms with Crippen LogP contribution in [0.1, 0.15) is 11.1 Å². The van der Waals surface area contributed by atoms with Crippen LogP contribution in [0.2, 0.25) is 0 Å². The van der Waals surface area contributed by atoms with Gasteiger partial charge in [-0.3, -0.25) is 9.80 Å². The van der Waals surface area contributed by atoms with Gasteiger partial charge in [0.25, 0.3) is 0 Å². The Balaban J connectivity index is 1.35. The summed E-state index contributed by atoms with van der Waals surface area (Å²) in [6.45, 7) is 5.61. The van der Waals surface area contributed by atoms with E-state index < -0.39 is 0 Å². The Hall–Kier alpha value is -2.21. The van der Waals surface area contributed by atoms with Crippen LogP contribution in [0.15, 0.2) is 54.6 Å². The molecular weight excluding hydrogens is 367 g/mol. The van der Waals surface area contributed by atoms with E-state index in [0.29, 0.717) is 5.92 Å². The van der Waals surface area contributed by atoms with Crippen LogP contribution in [0, 0.1) is 17.2 Å². The van der Waals surface area contributed by atoms with E-state index in [1.54, 1.807) is 6.07 Å². The van der Waals surface area contributed by atoms with Crippen LogP contribution in [0.5, 0.6) is 5.75 Å². The van der Waals surface area contributed by atoms with Crippen molar-refractivity contribution in [3.8, 4) is 5.75 Å². The number of likely N-dealkylation sites (tertiary alicyclic amines) is 2. The van der Waals surface area contributed by atoms with Crippen LogP contribution in [-0.4, -0.2) is 61.3 Å². The average Bonchev–Trinajstić information content (AvgIpc) is 3.23. The zero-order valence-electron chi connectivity index (χ0n) is 16.9. The number of ether oxygens (including phenoxy) is 1. The van der Waals surface area contributed by atoms with Crippen molar-refractivity contribution in [2.75, 3.05) is 46.4 Å². The predicted molar refractivity (Wildman–Crippen MR) is 113 cm³/mol. The highest BCUT2D eigenvalue weighted by molar-refractivity contribution is 5.48. The number of benzene rings is 2. The molecule has 0 spiro atoms. The summed E-state index contributed by atoms with van der Waals surface area (Å²) in [5, 5.41) is 10.2. The van der Waals surface area contributed by atoms with Gasteiger partial charge in [0.05, 0.1) is 13.7 Å². The van der Waals surface area contributed by atoms with Crippen LogP contribution in [0.25, 0.3) is 6.08 Å². The first kappa shape index (κ1) is 20.1. The van der Waals surface area contributed by atoms with E-state index in [2.05, 4.69) is 34.1 Å². The fourth-order valence-corrected chi connectivity index (χ4v) is 4.85. The monoisotopic (exact) mass is 396 g/mol. The average molecular weight is 397 g/mol. The number of hydrogen-bond donors (Lipinski definition) is 1. The molecule has 2 fully saturated rings. The van der Waals surface area contributed by atoms with Gasteiger partial charge in [0.1, 0.15) is 0 Å². The molecule has 0 bridgehead atoms. The zero-order chi connectivity index (χ0) is 20.3. The van der Waals surface area contributed by atoms with Crippen LogP contribution in [-0.2, 0) is 6.54 Å². The Morgan fingerprint density at radius 1 is 1.14 bits per heavy atom. The van der Waals surface area contributed by atoms with E-state index in [1.807, 2.05) is 24.3 Å². The Labute approximate surface area is 172 Å². The van der Waals surface area contributed by atoms with Crippen molar-refractivity contribution in [1.29, 1.82) is 0 Å². The highest BCUT2D eigenvalue weighted by Gasteiger charge is 2.51. The van der Waals surface area contributed by atoms with Crippen LogP contribution in [0.4, 0.5) is 4.39 Å². The largest absolute Gasteiger partial charge is 0.494 e. The summed E-state index contributed by atoms with van der Waals surface area (Å²) in [4.78, 5) is 4.82. The molecule has 2 aromatic carbocycles. The van der Waals surface area contributed by atoms with Gasteiger partial charge in [-0.15, -0.1) is 0 Å². The van der Waals surface area contributed by atoms with E-state index in [4.69, 9.17) is 4.74 Å². The Morgan fingerprint density at radius 2 is 1.90 bits per heavy atom. The second-order valence-corrected chi connectivity index (χ2v) is 8.36. The first-order valence-corrected chi connectivity index (χ1v) is 10.2. The summed E-state index contributed by atoms with van der Waals surface area (Å²) < 4.78 is 18.8. The fourth-order valence-electron chi connectivity index (χ4n) is 4.85. The van der Waals surface area contributed by atoms with Crippen molar-refractivity contribution < 1.29 is 14.2 Å². The fraction of sp³-hybridized carbons (Fsp3) is 0.417. The highest BCUT2D eigenvalue weighted by atomic mass is 19.1. The van der Waals surface area contributed by atoms with E-state index in [-0.39, 0.29) is 23.6 Å². The maximum atomic E-state index is 13.7. The van der Waals surface area contributed by atoms with Gasteiger partial charge in [-0.2, -0.15) is 0 Å². The number of nitrogens with zero attached hydrogens (tertiary/aromatic N) is 2. The van der Waals surface area contributed by atoms with Gasteiger partial charge < -0.3 is 9.84 Å². The smallest absolute Gasteiger partial charge is 0.165 e. The van der Waals surface area contributed by atoms with Gasteiger partial charge in [0.2, 0.25) is 0 Å². The number of methoxy groups -OCH3 is 1. The first-order valence-electron chi connectivity index (χ1n) is 10.2. The molecule has 2 aromatic rings. The van der Waals surface area contributed by atoms with Gasteiger partial charge >= 0.3 is 0 Å². The molecule has 154 valence electrons. The molecule has 2 aliphatic rings. The Morgan fingerprint density at radius 3 is 2.62 bits per heavy atom. The van der Waals surface area contributed by atoms with Gasteiger partial charge in [-0.05, 0) is 29.2 Å². The molecule has 29 heavy (non-hydrogen) atoms. The highest BCUT2D eigenvalue weighted by Crippen LogP contribution is 2.42. The van der Waals surface area contributed by atoms with Crippen molar-refractivity contribution in [3.63, 3.8) is 0 Å². The summed E-state index contributed by atoms with van der Waals surface area (Å²) in [6, 6.07) is 15.4. The Bertz CT molecular complexity index is 857. The number of aliphatic hydroxyl groups excluding tert-OH is 1. The van der Waals surface area contributed by atoms with Gasteiger partial charge in [-0.1, -0.05) is 48.6 Å². The molecular formula is C24H29FN2O2. The normalized spacial score (nSPS) is 25.0. The van der Waals surface area contributed by atoms with Crippen LogP contribution >= 0.6 is 0 Å². The third-order valence-electron chi connectivity index (χ3n) is 6.31. The summed E-state index contributed by atoms with van der Waals surface area (Å²) in [6.07, 6.45) is 4.37. The number of fused-ring (bicyclic) bond motifs is 1. The molecule has 0 saturated carbocycles. The number of rotatable bonds is 7.